The Bertz CT molecular complexity index is 734. The lowest BCUT2D eigenvalue weighted by Crippen LogP contribution is -2.26. The number of aryl methyl sites for hydroxylation is 1. The van der Waals surface area contributed by atoms with Crippen molar-refractivity contribution in [3.8, 4) is 0 Å². The van der Waals surface area contributed by atoms with Crippen LogP contribution in [-0.4, -0.2) is 47.0 Å². The number of aromatic nitrogens is 2. The Morgan fingerprint density at radius 1 is 1.35 bits per heavy atom. The molecule has 0 bridgehead atoms. The highest BCUT2D eigenvalue weighted by Gasteiger charge is 2.18. The molecule has 3 heterocycles. The van der Waals surface area contributed by atoms with Gasteiger partial charge in [0, 0.05) is 43.0 Å². The Morgan fingerprint density at radius 3 is 2.91 bits per heavy atom. The van der Waals surface area contributed by atoms with E-state index in [4.69, 9.17) is 0 Å². The highest BCUT2D eigenvalue weighted by Crippen LogP contribution is 2.19. The zero-order valence-electron chi connectivity index (χ0n) is 14.1. The summed E-state index contributed by atoms with van der Waals surface area (Å²) in [4.78, 5) is 25.5. The first-order chi connectivity index (χ1) is 11.0. The molecule has 1 N–H and O–H groups in total. The van der Waals surface area contributed by atoms with Gasteiger partial charge in [-0.1, -0.05) is 0 Å². The molecule has 0 aliphatic carbocycles. The van der Waals surface area contributed by atoms with Crippen molar-refractivity contribution < 1.29 is 0 Å². The second-order valence-electron chi connectivity index (χ2n) is 6.51. The third-order valence-corrected chi connectivity index (χ3v) is 5.12. The van der Waals surface area contributed by atoms with E-state index in [1.807, 2.05) is 18.3 Å². The molecule has 1 aliphatic heterocycles. The second kappa shape index (κ2) is 6.95. The van der Waals surface area contributed by atoms with Crippen LogP contribution in [0.3, 0.4) is 0 Å². The van der Waals surface area contributed by atoms with Crippen LogP contribution < -0.4 is 5.56 Å². The van der Waals surface area contributed by atoms with E-state index in [1.165, 1.54) is 10.4 Å². The van der Waals surface area contributed by atoms with Gasteiger partial charge in [-0.2, -0.15) is 0 Å². The summed E-state index contributed by atoms with van der Waals surface area (Å²) in [6.07, 6.45) is 1.64. The minimum absolute atomic E-state index is 0.0405. The van der Waals surface area contributed by atoms with Crippen molar-refractivity contribution in [2.75, 3.05) is 27.2 Å². The molecule has 0 unspecified atom stereocenters. The van der Waals surface area contributed by atoms with E-state index in [9.17, 15) is 4.79 Å². The van der Waals surface area contributed by atoms with Crippen molar-refractivity contribution in [1.29, 1.82) is 0 Å². The number of nitrogens with one attached hydrogen (secondary N) is 1. The summed E-state index contributed by atoms with van der Waals surface area (Å²) in [5.41, 5.74) is 3.27. The lowest BCUT2D eigenvalue weighted by molar-refractivity contribution is 0.281. The number of nitrogens with zero attached hydrogens (tertiary/aromatic N) is 3. The summed E-state index contributed by atoms with van der Waals surface area (Å²) in [7, 11) is 4.19. The molecule has 0 spiro atoms. The van der Waals surface area contributed by atoms with E-state index in [2.05, 4.69) is 45.3 Å². The van der Waals surface area contributed by atoms with Crippen molar-refractivity contribution >= 4 is 11.3 Å². The molecular weight excluding hydrogens is 308 g/mol. The average Bonchev–Trinajstić information content (AvgIpc) is 2.78. The topological polar surface area (TPSA) is 52.2 Å². The number of hydrogen-bond acceptors (Lipinski definition) is 5. The Kier molecular flexibility index (Phi) is 4.94. The molecule has 3 rings (SSSR count). The summed E-state index contributed by atoms with van der Waals surface area (Å²) in [5, 5.41) is 2.25. The lowest BCUT2D eigenvalue weighted by Gasteiger charge is -2.18. The maximum absolute atomic E-state index is 12.1. The first kappa shape index (κ1) is 16.4. The molecule has 5 nitrogen and oxygen atoms in total. The average molecular weight is 332 g/mol. The van der Waals surface area contributed by atoms with E-state index >= 15 is 0 Å². The first-order valence-corrected chi connectivity index (χ1v) is 8.91. The van der Waals surface area contributed by atoms with Crippen molar-refractivity contribution in [2.24, 2.45) is 0 Å². The quantitative estimate of drug-likeness (QED) is 0.928. The summed E-state index contributed by atoms with van der Waals surface area (Å²) in [5.74, 6) is 0.716. The van der Waals surface area contributed by atoms with Crippen molar-refractivity contribution in [3.63, 3.8) is 0 Å². The summed E-state index contributed by atoms with van der Waals surface area (Å²) in [6, 6.07) is 2.30. The number of fused-ring (bicyclic) bond motifs is 1. The zero-order chi connectivity index (χ0) is 16.4. The van der Waals surface area contributed by atoms with Gasteiger partial charge in [0.1, 0.15) is 5.82 Å². The van der Waals surface area contributed by atoms with Crippen LogP contribution in [0.4, 0.5) is 0 Å². The maximum Gasteiger partial charge on any atom is 0.254 e. The SMILES string of the molecule is Cc1nc2c(c(=O)[nH]1)CCN(Cc1cc(CN(C)C)cs1)CC2. The van der Waals surface area contributed by atoms with Gasteiger partial charge in [-0.15, -0.1) is 11.3 Å². The predicted molar refractivity (Wildman–Crippen MR) is 94.0 cm³/mol. The van der Waals surface area contributed by atoms with Crippen LogP contribution in [0.2, 0.25) is 0 Å². The molecule has 2 aromatic rings. The molecular formula is C17H24N4OS. The third-order valence-electron chi connectivity index (χ3n) is 4.15. The normalized spacial score (nSPS) is 15.7. The molecule has 0 saturated heterocycles. The molecule has 2 aromatic heterocycles. The minimum atomic E-state index is 0.0405. The number of H-pyrrole nitrogens is 1. The van der Waals surface area contributed by atoms with E-state index in [1.54, 1.807) is 0 Å². The van der Waals surface area contributed by atoms with Crippen molar-refractivity contribution in [3.05, 3.63) is 49.3 Å². The molecule has 0 radical (unpaired) electrons. The fourth-order valence-electron chi connectivity index (χ4n) is 3.11. The summed E-state index contributed by atoms with van der Waals surface area (Å²) >= 11 is 1.83. The summed E-state index contributed by atoms with van der Waals surface area (Å²) < 4.78 is 0. The van der Waals surface area contributed by atoms with Crippen LogP contribution in [0.5, 0.6) is 0 Å². The fraction of sp³-hybridized carbons (Fsp3) is 0.529. The number of hydrogen-bond donors (Lipinski definition) is 1. The van der Waals surface area contributed by atoms with Crippen LogP contribution >= 0.6 is 11.3 Å². The molecule has 0 saturated carbocycles. The Morgan fingerprint density at radius 2 is 2.13 bits per heavy atom. The molecule has 23 heavy (non-hydrogen) atoms. The van der Waals surface area contributed by atoms with Crippen LogP contribution in [0, 0.1) is 6.92 Å². The van der Waals surface area contributed by atoms with Gasteiger partial charge in [0.25, 0.3) is 5.56 Å². The largest absolute Gasteiger partial charge is 0.311 e. The van der Waals surface area contributed by atoms with Gasteiger partial charge in [-0.25, -0.2) is 4.98 Å². The van der Waals surface area contributed by atoms with Gasteiger partial charge >= 0.3 is 0 Å². The Labute approximate surface area is 141 Å². The second-order valence-corrected chi connectivity index (χ2v) is 7.51. The predicted octanol–water partition coefficient (Wildman–Crippen LogP) is 1.80. The highest BCUT2D eigenvalue weighted by atomic mass is 32.1. The van der Waals surface area contributed by atoms with Crippen LogP contribution in [0.1, 0.15) is 27.5 Å². The van der Waals surface area contributed by atoms with E-state index in [0.717, 1.165) is 50.3 Å². The van der Waals surface area contributed by atoms with Gasteiger partial charge in [-0.05, 0) is 44.4 Å². The number of aromatic amines is 1. The third kappa shape index (κ3) is 4.07. The van der Waals surface area contributed by atoms with Crippen LogP contribution in [0.15, 0.2) is 16.2 Å². The number of rotatable bonds is 4. The molecule has 0 atom stereocenters. The van der Waals surface area contributed by atoms with Gasteiger partial charge in [0.2, 0.25) is 0 Å². The van der Waals surface area contributed by atoms with Gasteiger partial charge in [-0.3, -0.25) is 9.69 Å². The van der Waals surface area contributed by atoms with Gasteiger partial charge < -0.3 is 9.88 Å². The highest BCUT2D eigenvalue weighted by molar-refractivity contribution is 7.10. The first-order valence-electron chi connectivity index (χ1n) is 8.03. The fourth-order valence-corrected chi connectivity index (χ4v) is 4.04. The molecule has 1 aliphatic rings. The van der Waals surface area contributed by atoms with Crippen LogP contribution in [0.25, 0.3) is 0 Å². The van der Waals surface area contributed by atoms with Gasteiger partial charge in [0.05, 0.1) is 5.69 Å². The Balaban J connectivity index is 1.67. The smallest absolute Gasteiger partial charge is 0.254 e. The Hall–Kier alpha value is -1.50. The molecule has 0 aromatic carbocycles. The van der Waals surface area contributed by atoms with Crippen molar-refractivity contribution in [2.45, 2.75) is 32.9 Å². The molecule has 0 amide bonds. The molecule has 6 heteroatoms. The standard InChI is InChI=1S/C17H24N4OS/c1-12-18-16-5-7-21(6-4-15(16)17(22)19-12)10-14-8-13(11-23-14)9-20(2)3/h8,11H,4-7,9-10H2,1-3H3,(H,18,19,22). The molecule has 0 fully saturated rings. The lowest BCUT2D eigenvalue weighted by atomic mass is 10.1. The van der Waals surface area contributed by atoms with E-state index in [0.29, 0.717) is 5.82 Å². The zero-order valence-corrected chi connectivity index (χ0v) is 14.9. The maximum atomic E-state index is 12.1. The van der Waals surface area contributed by atoms with Crippen LogP contribution in [-0.2, 0) is 25.9 Å². The van der Waals surface area contributed by atoms with Gasteiger partial charge in [0.15, 0.2) is 0 Å². The van der Waals surface area contributed by atoms with E-state index in [-0.39, 0.29) is 5.56 Å². The van der Waals surface area contributed by atoms with E-state index < -0.39 is 0 Å². The molecule has 124 valence electrons. The van der Waals surface area contributed by atoms with Crippen molar-refractivity contribution in [1.82, 2.24) is 19.8 Å². The monoisotopic (exact) mass is 332 g/mol. The minimum Gasteiger partial charge on any atom is -0.311 e. The summed E-state index contributed by atoms with van der Waals surface area (Å²) in [6.45, 7) is 5.68. The number of thiophene rings is 1.